The third-order valence-electron chi connectivity index (χ3n) is 3.91. The average molecular weight is 245 g/mol. The number of ether oxygens (including phenoxy) is 1. The number of hydrogen-bond donors (Lipinski definition) is 1. The van der Waals surface area contributed by atoms with E-state index in [1.807, 2.05) is 13.3 Å². The quantitative estimate of drug-likeness (QED) is 0.825. The van der Waals surface area contributed by atoms with Gasteiger partial charge in [-0.15, -0.1) is 0 Å². The molecule has 2 rings (SSSR count). The van der Waals surface area contributed by atoms with Gasteiger partial charge in [0.1, 0.15) is 0 Å². The van der Waals surface area contributed by atoms with E-state index in [0.717, 1.165) is 19.4 Å². The lowest BCUT2D eigenvalue weighted by Gasteiger charge is -2.35. The second-order valence-corrected chi connectivity index (χ2v) is 5.13. The van der Waals surface area contributed by atoms with Gasteiger partial charge in [0.25, 0.3) is 0 Å². The molecule has 0 amide bonds. The lowest BCUT2D eigenvalue weighted by molar-refractivity contribution is -0.0483. The molecule has 98 valence electrons. The van der Waals surface area contributed by atoms with Gasteiger partial charge in [-0.3, -0.25) is 0 Å². The SMILES string of the molecule is CNC(C1=COCCC1)C1CCC(F)(F)CC1. The molecule has 0 bridgehead atoms. The van der Waals surface area contributed by atoms with Crippen molar-refractivity contribution in [1.29, 1.82) is 0 Å². The van der Waals surface area contributed by atoms with E-state index in [2.05, 4.69) is 5.32 Å². The van der Waals surface area contributed by atoms with E-state index in [9.17, 15) is 8.78 Å². The van der Waals surface area contributed by atoms with Crippen LogP contribution in [0.3, 0.4) is 0 Å². The topological polar surface area (TPSA) is 21.3 Å². The molecule has 0 aromatic heterocycles. The zero-order chi connectivity index (χ0) is 12.3. The predicted molar refractivity (Wildman–Crippen MR) is 63.0 cm³/mol. The molecule has 1 aliphatic carbocycles. The van der Waals surface area contributed by atoms with Crippen molar-refractivity contribution in [3.05, 3.63) is 11.8 Å². The molecule has 2 nitrogen and oxygen atoms in total. The maximum atomic E-state index is 13.1. The van der Waals surface area contributed by atoms with Crippen LogP contribution in [0.1, 0.15) is 38.5 Å². The highest BCUT2D eigenvalue weighted by molar-refractivity contribution is 5.12. The first-order valence-corrected chi connectivity index (χ1v) is 6.48. The fourth-order valence-electron chi connectivity index (χ4n) is 2.93. The Hall–Kier alpha value is -0.640. The molecule has 0 radical (unpaired) electrons. The third kappa shape index (κ3) is 3.18. The summed E-state index contributed by atoms with van der Waals surface area (Å²) in [7, 11) is 1.91. The monoisotopic (exact) mass is 245 g/mol. The first-order chi connectivity index (χ1) is 8.12. The Morgan fingerprint density at radius 1 is 1.41 bits per heavy atom. The van der Waals surface area contributed by atoms with Crippen LogP contribution in [-0.4, -0.2) is 25.6 Å². The van der Waals surface area contributed by atoms with Crippen molar-refractivity contribution < 1.29 is 13.5 Å². The average Bonchev–Trinajstić information content (AvgIpc) is 2.33. The van der Waals surface area contributed by atoms with E-state index in [4.69, 9.17) is 4.74 Å². The molecule has 4 heteroatoms. The number of hydrogen-bond acceptors (Lipinski definition) is 2. The van der Waals surface area contributed by atoms with Gasteiger partial charge in [-0.25, -0.2) is 8.78 Å². The molecule has 0 spiro atoms. The highest BCUT2D eigenvalue weighted by Crippen LogP contribution is 2.39. The number of nitrogens with one attached hydrogen (secondary N) is 1. The first-order valence-electron chi connectivity index (χ1n) is 6.48. The predicted octanol–water partition coefficient (Wildman–Crippen LogP) is 3.09. The Bertz CT molecular complexity index is 281. The molecule has 1 N–H and O–H groups in total. The smallest absolute Gasteiger partial charge is 0.248 e. The Labute approximate surface area is 101 Å². The van der Waals surface area contributed by atoms with E-state index in [0.29, 0.717) is 18.8 Å². The van der Waals surface area contributed by atoms with Crippen LogP contribution in [0.5, 0.6) is 0 Å². The van der Waals surface area contributed by atoms with E-state index in [1.54, 1.807) is 0 Å². The summed E-state index contributed by atoms with van der Waals surface area (Å²) in [5, 5.41) is 3.28. The molecule has 2 aliphatic rings. The van der Waals surface area contributed by atoms with E-state index < -0.39 is 5.92 Å². The molecule has 0 aromatic rings. The van der Waals surface area contributed by atoms with Gasteiger partial charge in [0.05, 0.1) is 12.9 Å². The van der Waals surface area contributed by atoms with Gasteiger partial charge in [0.2, 0.25) is 5.92 Å². The van der Waals surface area contributed by atoms with Crippen molar-refractivity contribution in [2.45, 2.75) is 50.5 Å². The number of halogens is 2. The summed E-state index contributed by atoms with van der Waals surface area (Å²) in [5.74, 6) is -2.11. The van der Waals surface area contributed by atoms with Crippen molar-refractivity contribution in [3.63, 3.8) is 0 Å². The second-order valence-electron chi connectivity index (χ2n) is 5.13. The Balaban J connectivity index is 1.97. The molecule has 1 unspecified atom stereocenters. The Morgan fingerprint density at radius 2 is 2.12 bits per heavy atom. The van der Waals surface area contributed by atoms with Crippen LogP contribution in [0.4, 0.5) is 8.78 Å². The fourth-order valence-corrected chi connectivity index (χ4v) is 2.93. The summed E-state index contributed by atoms with van der Waals surface area (Å²) in [6.07, 6.45) is 5.17. The van der Waals surface area contributed by atoms with E-state index in [1.165, 1.54) is 5.57 Å². The number of rotatable bonds is 3. The molecule has 17 heavy (non-hydrogen) atoms. The maximum Gasteiger partial charge on any atom is 0.248 e. The molecule has 1 atom stereocenters. The van der Waals surface area contributed by atoms with E-state index >= 15 is 0 Å². The van der Waals surface area contributed by atoms with Gasteiger partial charge < -0.3 is 10.1 Å². The minimum Gasteiger partial charge on any atom is -0.501 e. The molecule has 1 saturated carbocycles. The minimum atomic E-state index is -2.44. The lowest BCUT2D eigenvalue weighted by Crippen LogP contribution is -2.40. The van der Waals surface area contributed by atoms with Gasteiger partial charge in [-0.2, -0.15) is 0 Å². The number of likely N-dealkylation sites (N-methyl/N-ethyl adjacent to an activating group) is 1. The van der Waals surface area contributed by atoms with Crippen molar-refractivity contribution in [2.24, 2.45) is 5.92 Å². The van der Waals surface area contributed by atoms with Crippen LogP contribution in [-0.2, 0) is 4.74 Å². The van der Waals surface area contributed by atoms with Crippen molar-refractivity contribution in [2.75, 3.05) is 13.7 Å². The van der Waals surface area contributed by atoms with Crippen LogP contribution >= 0.6 is 0 Å². The Morgan fingerprint density at radius 3 is 2.65 bits per heavy atom. The fraction of sp³-hybridized carbons (Fsp3) is 0.846. The molecular weight excluding hydrogens is 224 g/mol. The summed E-state index contributed by atoms with van der Waals surface area (Å²) in [6, 6.07) is 0.214. The summed E-state index contributed by atoms with van der Waals surface area (Å²) >= 11 is 0. The Kier molecular flexibility index (Phi) is 4.02. The van der Waals surface area contributed by atoms with Crippen LogP contribution in [0.25, 0.3) is 0 Å². The highest BCUT2D eigenvalue weighted by atomic mass is 19.3. The third-order valence-corrected chi connectivity index (χ3v) is 3.91. The molecule has 0 saturated heterocycles. The van der Waals surface area contributed by atoms with Crippen molar-refractivity contribution >= 4 is 0 Å². The van der Waals surface area contributed by atoms with Crippen LogP contribution < -0.4 is 5.32 Å². The maximum absolute atomic E-state index is 13.1. The first kappa shape index (κ1) is 12.8. The standard InChI is InChI=1S/C13H21F2NO/c1-16-12(11-3-2-8-17-9-11)10-4-6-13(14,15)7-5-10/h9-10,12,16H,2-8H2,1H3. The second kappa shape index (κ2) is 5.34. The molecule has 0 aromatic carbocycles. The van der Waals surface area contributed by atoms with Crippen LogP contribution in [0, 0.1) is 5.92 Å². The van der Waals surface area contributed by atoms with Gasteiger partial charge in [-0.1, -0.05) is 0 Å². The van der Waals surface area contributed by atoms with Gasteiger partial charge >= 0.3 is 0 Å². The van der Waals surface area contributed by atoms with Gasteiger partial charge in [-0.05, 0) is 44.2 Å². The largest absolute Gasteiger partial charge is 0.501 e. The zero-order valence-electron chi connectivity index (χ0n) is 10.3. The zero-order valence-corrected chi connectivity index (χ0v) is 10.3. The van der Waals surface area contributed by atoms with Crippen LogP contribution in [0.15, 0.2) is 11.8 Å². The molecule has 1 heterocycles. The lowest BCUT2D eigenvalue weighted by atomic mass is 9.78. The van der Waals surface area contributed by atoms with E-state index in [-0.39, 0.29) is 18.9 Å². The minimum absolute atomic E-state index is 0.0317. The van der Waals surface area contributed by atoms with Crippen molar-refractivity contribution in [1.82, 2.24) is 5.32 Å². The number of alkyl halides is 2. The summed E-state index contributed by atoms with van der Waals surface area (Å²) in [4.78, 5) is 0. The van der Waals surface area contributed by atoms with Gasteiger partial charge in [0.15, 0.2) is 0 Å². The summed E-state index contributed by atoms with van der Waals surface area (Å²) in [5.41, 5.74) is 1.24. The highest BCUT2D eigenvalue weighted by Gasteiger charge is 2.38. The van der Waals surface area contributed by atoms with Crippen molar-refractivity contribution in [3.8, 4) is 0 Å². The van der Waals surface area contributed by atoms with Gasteiger partial charge in [0, 0.05) is 18.9 Å². The molecule has 1 aliphatic heterocycles. The summed E-state index contributed by atoms with van der Waals surface area (Å²) in [6.45, 7) is 0.780. The van der Waals surface area contributed by atoms with Crippen LogP contribution in [0.2, 0.25) is 0 Å². The normalized spacial score (nSPS) is 27.1. The molecule has 1 fully saturated rings. The summed E-state index contributed by atoms with van der Waals surface area (Å²) < 4.78 is 31.6. The molecular formula is C13H21F2NO.